The lowest BCUT2D eigenvalue weighted by Crippen LogP contribution is -2.21. The molecule has 0 aromatic heterocycles. The van der Waals surface area contributed by atoms with Crippen molar-refractivity contribution < 1.29 is 0 Å². The maximum Gasteiger partial charge on any atom is 0.0657 e. The first-order valence-electron chi connectivity index (χ1n) is 6.98. The molecule has 0 radical (unpaired) electrons. The van der Waals surface area contributed by atoms with Crippen molar-refractivity contribution in [1.82, 2.24) is 0 Å². The third kappa shape index (κ3) is 3.55. The molecule has 1 aliphatic carbocycles. The summed E-state index contributed by atoms with van der Waals surface area (Å²) in [5.41, 5.74) is 7.40. The molecule has 0 aliphatic heterocycles. The summed E-state index contributed by atoms with van der Waals surface area (Å²) >= 11 is 6.15. The van der Waals surface area contributed by atoms with Crippen molar-refractivity contribution in [2.45, 2.75) is 39.0 Å². The van der Waals surface area contributed by atoms with Gasteiger partial charge in [0, 0.05) is 12.2 Å². The van der Waals surface area contributed by atoms with Gasteiger partial charge in [-0.1, -0.05) is 37.8 Å². The molecule has 2 rings (SSSR count). The lowest BCUT2D eigenvalue weighted by atomic mass is 9.81. The van der Waals surface area contributed by atoms with Crippen LogP contribution in [0.15, 0.2) is 18.2 Å². The molecule has 0 saturated heterocycles. The van der Waals surface area contributed by atoms with Gasteiger partial charge in [0.05, 0.1) is 10.7 Å². The van der Waals surface area contributed by atoms with Crippen LogP contribution in [0.3, 0.4) is 0 Å². The van der Waals surface area contributed by atoms with E-state index in [2.05, 4.69) is 12.2 Å². The number of nitrogens with one attached hydrogen (secondary N) is 1. The summed E-state index contributed by atoms with van der Waals surface area (Å²) in [5.74, 6) is 1.75. The standard InChI is InChI=1S/C15H23ClN2/c1-2-11-3-5-12(6-4-11)10-18-15-8-7-13(17)9-14(15)16/h7-9,11-12,18H,2-6,10,17H2,1H3. The molecule has 0 spiro atoms. The van der Waals surface area contributed by atoms with Gasteiger partial charge in [0.25, 0.3) is 0 Å². The van der Waals surface area contributed by atoms with E-state index >= 15 is 0 Å². The van der Waals surface area contributed by atoms with E-state index in [1.54, 1.807) is 6.07 Å². The summed E-state index contributed by atoms with van der Waals surface area (Å²) < 4.78 is 0. The number of benzene rings is 1. The topological polar surface area (TPSA) is 38.0 Å². The molecular formula is C15H23ClN2. The third-order valence-corrected chi connectivity index (χ3v) is 4.43. The number of nitrogen functional groups attached to an aromatic ring is 1. The van der Waals surface area contributed by atoms with Gasteiger partial charge in [-0.25, -0.2) is 0 Å². The van der Waals surface area contributed by atoms with Gasteiger partial charge in [0.2, 0.25) is 0 Å². The Morgan fingerprint density at radius 1 is 1.22 bits per heavy atom. The lowest BCUT2D eigenvalue weighted by Gasteiger charge is -2.28. The van der Waals surface area contributed by atoms with Gasteiger partial charge >= 0.3 is 0 Å². The van der Waals surface area contributed by atoms with E-state index in [9.17, 15) is 0 Å². The quantitative estimate of drug-likeness (QED) is 0.785. The van der Waals surface area contributed by atoms with Crippen LogP contribution in [0.2, 0.25) is 5.02 Å². The van der Waals surface area contributed by atoms with Crippen LogP contribution in [0, 0.1) is 11.8 Å². The van der Waals surface area contributed by atoms with Crippen molar-refractivity contribution in [3.8, 4) is 0 Å². The second kappa shape index (κ2) is 6.33. The average Bonchev–Trinajstić information content (AvgIpc) is 2.38. The Kier molecular flexibility index (Phi) is 4.76. The molecule has 100 valence electrons. The van der Waals surface area contributed by atoms with Crippen LogP contribution in [0.5, 0.6) is 0 Å². The van der Waals surface area contributed by atoms with Crippen molar-refractivity contribution in [3.05, 3.63) is 23.2 Å². The predicted molar refractivity (Wildman–Crippen MR) is 80.1 cm³/mol. The molecule has 18 heavy (non-hydrogen) atoms. The summed E-state index contributed by atoms with van der Waals surface area (Å²) in [7, 11) is 0. The highest BCUT2D eigenvalue weighted by Gasteiger charge is 2.19. The fraction of sp³-hybridized carbons (Fsp3) is 0.600. The third-order valence-electron chi connectivity index (χ3n) is 4.12. The van der Waals surface area contributed by atoms with Crippen molar-refractivity contribution in [3.63, 3.8) is 0 Å². The van der Waals surface area contributed by atoms with Gasteiger partial charge in [0.15, 0.2) is 0 Å². The summed E-state index contributed by atoms with van der Waals surface area (Å²) in [6.45, 7) is 3.33. The molecule has 1 aromatic rings. The van der Waals surface area contributed by atoms with Crippen LogP contribution < -0.4 is 11.1 Å². The fourth-order valence-electron chi connectivity index (χ4n) is 2.77. The summed E-state index contributed by atoms with van der Waals surface area (Å²) in [5, 5.41) is 4.17. The largest absolute Gasteiger partial charge is 0.399 e. The second-order valence-electron chi connectivity index (χ2n) is 5.42. The molecule has 1 aromatic carbocycles. The molecule has 1 fully saturated rings. The summed E-state index contributed by atoms with van der Waals surface area (Å²) in [6.07, 6.45) is 6.80. The number of nitrogens with two attached hydrogens (primary N) is 1. The first kappa shape index (κ1) is 13.5. The van der Waals surface area contributed by atoms with E-state index in [-0.39, 0.29) is 0 Å². The van der Waals surface area contributed by atoms with Gasteiger partial charge in [-0.05, 0) is 42.9 Å². The van der Waals surface area contributed by atoms with Crippen molar-refractivity contribution >= 4 is 23.0 Å². The minimum atomic E-state index is 0.717. The molecule has 1 aliphatic rings. The second-order valence-corrected chi connectivity index (χ2v) is 5.82. The highest BCUT2D eigenvalue weighted by molar-refractivity contribution is 6.33. The molecule has 3 heteroatoms. The Morgan fingerprint density at radius 2 is 1.89 bits per heavy atom. The number of hydrogen-bond donors (Lipinski definition) is 2. The highest BCUT2D eigenvalue weighted by Crippen LogP contribution is 2.31. The zero-order valence-electron chi connectivity index (χ0n) is 11.1. The average molecular weight is 267 g/mol. The summed E-state index contributed by atoms with van der Waals surface area (Å²) in [6, 6.07) is 5.66. The Bertz CT molecular complexity index is 384. The van der Waals surface area contributed by atoms with Crippen molar-refractivity contribution in [2.24, 2.45) is 11.8 Å². The van der Waals surface area contributed by atoms with Gasteiger partial charge in [-0.3, -0.25) is 0 Å². The van der Waals surface area contributed by atoms with Gasteiger partial charge in [-0.2, -0.15) is 0 Å². The van der Waals surface area contributed by atoms with Gasteiger partial charge in [-0.15, -0.1) is 0 Å². The van der Waals surface area contributed by atoms with Crippen molar-refractivity contribution in [2.75, 3.05) is 17.6 Å². The number of anilines is 2. The van der Waals surface area contributed by atoms with Crippen LogP contribution in [0.1, 0.15) is 39.0 Å². The number of rotatable bonds is 4. The number of hydrogen-bond acceptors (Lipinski definition) is 2. The molecule has 1 saturated carbocycles. The minimum absolute atomic E-state index is 0.717. The molecule has 2 nitrogen and oxygen atoms in total. The van der Waals surface area contributed by atoms with Crippen LogP contribution in [-0.4, -0.2) is 6.54 Å². The predicted octanol–water partition coefficient (Wildman–Crippen LogP) is 4.55. The first-order valence-corrected chi connectivity index (χ1v) is 7.35. The monoisotopic (exact) mass is 266 g/mol. The van der Waals surface area contributed by atoms with Crippen LogP contribution >= 0.6 is 11.6 Å². The minimum Gasteiger partial charge on any atom is -0.399 e. The molecule has 0 amide bonds. The molecule has 0 atom stereocenters. The Hall–Kier alpha value is -0.890. The SMILES string of the molecule is CCC1CCC(CNc2ccc(N)cc2Cl)CC1. The van der Waals surface area contributed by atoms with E-state index in [4.69, 9.17) is 17.3 Å². The Balaban J connectivity index is 1.81. The Labute approximate surface area is 115 Å². The zero-order chi connectivity index (χ0) is 13.0. The van der Waals surface area contributed by atoms with Crippen LogP contribution in [0.4, 0.5) is 11.4 Å². The van der Waals surface area contributed by atoms with Crippen LogP contribution in [-0.2, 0) is 0 Å². The van der Waals surface area contributed by atoms with E-state index < -0.39 is 0 Å². The Morgan fingerprint density at radius 3 is 2.50 bits per heavy atom. The van der Waals surface area contributed by atoms with E-state index in [1.807, 2.05) is 12.1 Å². The smallest absolute Gasteiger partial charge is 0.0657 e. The molecular weight excluding hydrogens is 244 g/mol. The number of halogens is 1. The lowest BCUT2D eigenvalue weighted by molar-refractivity contribution is 0.278. The van der Waals surface area contributed by atoms with Gasteiger partial charge < -0.3 is 11.1 Å². The van der Waals surface area contributed by atoms with Gasteiger partial charge in [0.1, 0.15) is 0 Å². The normalized spacial score (nSPS) is 23.9. The van der Waals surface area contributed by atoms with E-state index in [0.717, 1.165) is 29.1 Å². The first-order chi connectivity index (χ1) is 8.69. The molecule has 0 bridgehead atoms. The summed E-state index contributed by atoms with van der Waals surface area (Å²) in [4.78, 5) is 0. The van der Waals surface area contributed by atoms with E-state index in [0.29, 0.717) is 5.69 Å². The highest BCUT2D eigenvalue weighted by atomic mass is 35.5. The molecule has 0 unspecified atom stereocenters. The zero-order valence-corrected chi connectivity index (χ0v) is 11.8. The van der Waals surface area contributed by atoms with E-state index in [1.165, 1.54) is 32.1 Å². The molecule has 0 heterocycles. The van der Waals surface area contributed by atoms with Crippen LogP contribution in [0.25, 0.3) is 0 Å². The maximum absolute atomic E-state index is 6.15. The molecule has 3 N–H and O–H groups in total. The van der Waals surface area contributed by atoms with Crippen molar-refractivity contribution in [1.29, 1.82) is 0 Å². The maximum atomic E-state index is 6.15. The fourth-order valence-corrected chi connectivity index (χ4v) is 3.03.